The maximum absolute atomic E-state index is 12.5. The Morgan fingerprint density at radius 1 is 1.44 bits per heavy atom. The van der Waals surface area contributed by atoms with Crippen LogP contribution >= 0.6 is 0 Å². The third-order valence-electron chi connectivity index (χ3n) is 1.89. The molecule has 0 fully saturated rings. The molecule has 0 unspecified atom stereocenters. The number of carboxylic acids is 1. The fourth-order valence-corrected chi connectivity index (χ4v) is 1.18. The number of hydrogen-bond donors (Lipinski definition) is 1. The molecule has 0 saturated heterocycles. The van der Waals surface area contributed by atoms with E-state index < -0.39 is 41.1 Å². The molecule has 1 aromatic rings. The Morgan fingerprint density at radius 2 is 2.00 bits per heavy atom. The van der Waals surface area contributed by atoms with Gasteiger partial charge in [-0.15, -0.1) is 0 Å². The van der Waals surface area contributed by atoms with Crippen molar-refractivity contribution in [1.82, 2.24) is 4.98 Å². The third kappa shape index (κ3) is 2.53. The van der Waals surface area contributed by atoms with Crippen LogP contribution in [0.2, 0.25) is 0 Å². The average molecular weight is 266 g/mol. The first-order valence-electron chi connectivity index (χ1n) is 4.22. The lowest BCUT2D eigenvalue weighted by Gasteiger charge is -2.11. The molecule has 1 N–H and O–H groups in total. The number of halogens is 5. The molecule has 0 radical (unpaired) electrons. The fraction of sp³-hybridized carbons (Fsp3) is 0.222. The molecule has 0 aliphatic carbocycles. The number of pyridine rings is 1. The summed E-state index contributed by atoms with van der Waals surface area (Å²) < 4.78 is 62.0. The molecule has 0 spiro atoms. The topological polar surface area (TPSA) is 74.0 Å². The van der Waals surface area contributed by atoms with Crippen LogP contribution in [-0.2, 0) is 6.18 Å². The van der Waals surface area contributed by atoms with Gasteiger partial charge in [0, 0.05) is 0 Å². The maximum atomic E-state index is 12.5. The second-order valence-corrected chi connectivity index (χ2v) is 3.03. The Kier molecular flexibility index (Phi) is 3.50. The number of rotatable bonds is 2. The van der Waals surface area contributed by atoms with Gasteiger partial charge < -0.3 is 5.11 Å². The second-order valence-electron chi connectivity index (χ2n) is 3.03. The van der Waals surface area contributed by atoms with E-state index >= 15 is 0 Å². The number of carboxylic acid groups (broad SMARTS) is 1. The monoisotopic (exact) mass is 266 g/mol. The highest BCUT2D eigenvalue weighted by atomic mass is 19.4. The van der Waals surface area contributed by atoms with Crippen molar-refractivity contribution in [2.75, 3.05) is 0 Å². The van der Waals surface area contributed by atoms with Crippen LogP contribution < -0.4 is 0 Å². The van der Waals surface area contributed by atoms with Gasteiger partial charge in [-0.05, 0) is 6.07 Å². The van der Waals surface area contributed by atoms with E-state index in [1.165, 1.54) is 0 Å². The van der Waals surface area contributed by atoms with E-state index in [1.54, 1.807) is 0 Å². The standard InChI is InChI=1S/C9H3F5N2O2/c10-7(11)5-3(2-15)1-4(9(12,13)14)16-6(5)8(17)18/h1,7H,(H,17,18). The number of aromatic nitrogens is 1. The zero-order valence-electron chi connectivity index (χ0n) is 8.29. The lowest BCUT2D eigenvalue weighted by Crippen LogP contribution is -2.16. The molecule has 0 saturated carbocycles. The van der Waals surface area contributed by atoms with Gasteiger partial charge in [0.25, 0.3) is 6.43 Å². The Hall–Kier alpha value is -2.24. The summed E-state index contributed by atoms with van der Waals surface area (Å²) in [6, 6.07) is 1.19. The van der Waals surface area contributed by atoms with Crippen LogP contribution in [0.5, 0.6) is 0 Å². The van der Waals surface area contributed by atoms with Gasteiger partial charge in [0.2, 0.25) is 0 Å². The lowest BCUT2D eigenvalue weighted by molar-refractivity contribution is -0.141. The summed E-state index contributed by atoms with van der Waals surface area (Å²) in [6.45, 7) is 0. The zero-order valence-corrected chi connectivity index (χ0v) is 8.29. The van der Waals surface area contributed by atoms with Crippen LogP contribution in [0, 0.1) is 11.3 Å². The van der Waals surface area contributed by atoms with Crippen molar-refractivity contribution < 1.29 is 31.9 Å². The average Bonchev–Trinajstić information content (AvgIpc) is 2.25. The summed E-state index contributed by atoms with van der Waals surface area (Å²) in [5.41, 5.74) is -5.57. The van der Waals surface area contributed by atoms with Gasteiger partial charge in [0.1, 0.15) is 5.69 Å². The highest BCUT2D eigenvalue weighted by Crippen LogP contribution is 2.33. The van der Waals surface area contributed by atoms with Crippen LogP contribution in [0.25, 0.3) is 0 Å². The van der Waals surface area contributed by atoms with E-state index in [2.05, 4.69) is 4.98 Å². The molecular weight excluding hydrogens is 263 g/mol. The summed E-state index contributed by atoms with van der Waals surface area (Å²) in [5.74, 6) is -2.06. The SMILES string of the molecule is N#Cc1cc(C(F)(F)F)nc(C(=O)O)c1C(F)F. The van der Waals surface area contributed by atoms with E-state index in [0.717, 1.165) is 6.07 Å². The van der Waals surface area contributed by atoms with Gasteiger partial charge in [-0.2, -0.15) is 18.4 Å². The molecule has 1 rings (SSSR count). The van der Waals surface area contributed by atoms with Crippen molar-refractivity contribution in [1.29, 1.82) is 5.26 Å². The number of carbonyl (C=O) groups is 1. The van der Waals surface area contributed by atoms with E-state index in [9.17, 15) is 26.7 Å². The minimum Gasteiger partial charge on any atom is -0.476 e. The van der Waals surface area contributed by atoms with Gasteiger partial charge in [0.15, 0.2) is 5.69 Å². The quantitative estimate of drug-likeness (QED) is 0.835. The molecule has 0 atom stereocenters. The van der Waals surface area contributed by atoms with Gasteiger partial charge >= 0.3 is 12.1 Å². The molecule has 1 aromatic heterocycles. The molecule has 9 heteroatoms. The molecule has 0 bridgehead atoms. The lowest BCUT2D eigenvalue weighted by atomic mass is 10.1. The summed E-state index contributed by atoms with van der Waals surface area (Å²) in [5, 5.41) is 17.0. The number of alkyl halides is 5. The van der Waals surface area contributed by atoms with Gasteiger partial charge in [0.05, 0.1) is 17.2 Å². The first-order chi connectivity index (χ1) is 8.18. The zero-order chi connectivity index (χ0) is 14.1. The van der Waals surface area contributed by atoms with Crippen molar-refractivity contribution in [3.63, 3.8) is 0 Å². The molecule has 0 aromatic carbocycles. The van der Waals surface area contributed by atoms with Crippen molar-refractivity contribution >= 4 is 5.97 Å². The summed E-state index contributed by atoms with van der Waals surface area (Å²) in [4.78, 5) is 13.2. The van der Waals surface area contributed by atoms with Gasteiger partial charge in [-0.1, -0.05) is 0 Å². The second kappa shape index (κ2) is 4.56. The minimum atomic E-state index is -5.03. The van der Waals surface area contributed by atoms with Crippen molar-refractivity contribution in [2.45, 2.75) is 12.6 Å². The third-order valence-corrected chi connectivity index (χ3v) is 1.89. The van der Waals surface area contributed by atoms with Crippen LogP contribution in [-0.4, -0.2) is 16.1 Å². The van der Waals surface area contributed by atoms with E-state index in [4.69, 9.17) is 10.4 Å². The Morgan fingerprint density at radius 3 is 2.33 bits per heavy atom. The molecule has 18 heavy (non-hydrogen) atoms. The van der Waals surface area contributed by atoms with Crippen LogP contribution in [0.15, 0.2) is 6.07 Å². The van der Waals surface area contributed by atoms with Crippen molar-refractivity contribution in [2.24, 2.45) is 0 Å². The summed E-state index contributed by atoms with van der Waals surface area (Å²) in [7, 11) is 0. The molecule has 0 amide bonds. The first-order valence-corrected chi connectivity index (χ1v) is 4.22. The van der Waals surface area contributed by atoms with Crippen LogP contribution in [0.4, 0.5) is 22.0 Å². The summed E-state index contributed by atoms with van der Waals surface area (Å²) in [6.07, 6.45) is -8.45. The number of nitrogens with zero attached hydrogens (tertiary/aromatic N) is 2. The Balaban J connectivity index is 3.66. The smallest absolute Gasteiger partial charge is 0.433 e. The number of hydrogen-bond acceptors (Lipinski definition) is 3. The molecular formula is C9H3F5N2O2. The van der Waals surface area contributed by atoms with E-state index in [0.29, 0.717) is 0 Å². The predicted molar refractivity (Wildman–Crippen MR) is 45.9 cm³/mol. The van der Waals surface area contributed by atoms with Crippen LogP contribution in [0.1, 0.15) is 33.7 Å². The molecule has 96 valence electrons. The van der Waals surface area contributed by atoms with Crippen molar-refractivity contribution in [3.05, 3.63) is 28.6 Å². The Bertz CT molecular complexity index is 533. The first kappa shape index (κ1) is 13.8. The summed E-state index contributed by atoms with van der Waals surface area (Å²) >= 11 is 0. The molecule has 1 heterocycles. The van der Waals surface area contributed by atoms with Crippen LogP contribution in [0.3, 0.4) is 0 Å². The molecule has 0 aliphatic heterocycles. The predicted octanol–water partition coefficient (Wildman–Crippen LogP) is 2.61. The van der Waals surface area contributed by atoms with Crippen molar-refractivity contribution in [3.8, 4) is 6.07 Å². The minimum absolute atomic E-state index is 0.0912. The van der Waals surface area contributed by atoms with E-state index in [-0.39, 0.29) is 6.07 Å². The highest BCUT2D eigenvalue weighted by molar-refractivity contribution is 5.88. The van der Waals surface area contributed by atoms with E-state index in [1.807, 2.05) is 0 Å². The van der Waals surface area contributed by atoms with Gasteiger partial charge in [-0.3, -0.25) is 0 Å². The largest absolute Gasteiger partial charge is 0.476 e. The number of nitriles is 1. The highest BCUT2D eigenvalue weighted by Gasteiger charge is 2.36. The Labute approximate surface area is 96.3 Å². The number of aromatic carboxylic acids is 1. The van der Waals surface area contributed by atoms with Gasteiger partial charge in [-0.25, -0.2) is 18.6 Å². The fourth-order valence-electron chi connectivity index (χ4n) is 1.18. The normalized spacial score (nSPS) is 11.4. The molecule has 0 aliphatic rings. The maximum Gasteiger partial charge on any atom is 0.433 e. The molecule has 4 nitrogen and oxygen atoms in total.